The van der Waals surface area contributed by atoms with E-state index in [1.165, 1.54) is 23.5 Å². The van der Waals surface area contributed by atoms with Crippen LogP contribution < -0.4 is 5.32 Å². The molecule has 1 aromatic carbocycles. The molecule has 0 aliphatic heterocycles. The van der Waals surface area contributed by atoms with Crippen LogP contribution in [0.4, 0.5) is 9.52 Å². The lowest BCUT2D eigenvalue weighted by Crippen LogP contribution is -2.02. The molecule has 0 aliphatic rings. The number of nitrogens with one attached hydrogen (secondary N) is 1. The molecular formula is C13H16FN3O2S2. The first-order valence-electron chi connectivity index (χ1n) is 6.41. The standard InChI is InChI=1S/C13H16FN3O2S2/c14-11-3-1-10(2-4-11)9-15-12-16-17-13(21-12)20-8-7-19-6-5-18/h1-4,18H,5-9H2,(H,15,16). The van der Waals surface area contributed by atoms with Crippen LogP contribution in [0.15, 0.2) is 28.6 Å². The Morgan fingerprint density at radius 2 is 2.05 bits per heavy atom. The Morgan fingerprint density at radius 1 is 1.24 bits per heavy atom. The van der Waals surface area contributed by atoms with E-state index >= 15 is 0 Å². The lowest BCUT2D eigenvalue weighted by Gasteiger charge is -2.01. The number of aliphatic hydroxyl groups is 1. The van der Waals surface area contributed by atoms with Gasteiger partial charge >= 0.3 is 0 Å². The summed E-state index contributed by atoms with van der Waals surface area (Å²) in [7, 11) is 0. The highest BCUT2D eigenvalue weighted by Gasteiger charge is 2.04. The topological polar surface area (TPSA) is 67.3 Å². The predicted octanol–water partition coefficient (Wildman–Crippen LogP) is 2.39. The molecule has 2 N–H and O–H groups in total. The Kier molecular flexibility index (Phi) is 6.87. The third kappa shape index (κ3) is 5.96. The lowest BCUT2D eigenvalue weighted by atomic mass is 10.2. The zero-order chi connectivity index (χ0) is 14.9. The van der Waals surface area contributed by atoms with E-state index in [0.717, 1.165) is 20.8 Å². The smallest absolute Gasteiger partial charge is 0.206 e. The zero-order valence-corrected chi connectivity index (χ0v) is 12.9. The molecule has 0 fully saturated rings. The monoisotopic (exact) mass is 329 g/mol. The fraction of sp³-hybridized carbons (Fsp3) is 0.385. The van der Waals surface area contributed by atoms with Crippen molar-refractivity contribution in [1.29, 1.82) is 0 Å². The van der Waals surface area contributed by atoms with Gasteiger partial charge in [0.1, 0.15) is 5.82 Å². The van der Waals surface area contributed by atoms with Gasteiger partial charge in [-0.25, -0.2) is 4.39 Å². The van der Waals surface area contributed by atoms with Gasteiger partial charge in [-0.05, 0) is 17.7 Å². The molecule has 0 amide bonds. The van der Waals surface area contributed by atoms with E-state index in [1.54, 1.807) is 23.9 Å². The molecule has 0 bridgehead atoms. The van der Waals surface area contributed by atoms with Gasteiger partial charge in [0, 0.05) is 12.3 Å². The molecule has 8 heteroatoms. The molecule has 0 atom stereocenters. The van der Waals surface area contributed by atoms with Crippen LogP contribution in [0.1, 0.15) is 5.56 Å². The van der Waals surface area contributed by atoms with Crippen molar-refractivity contribution in [2.75, 3.05) is 30.9 Å². The largest absolute Gasteiger partial charge is 0.394 e. The van der Waals surface area contributed by atoms with Gasteiger partial charge in [0.2, 0.25) is 5.13 Å². The summed E-state index contributed by atoms with van der Waals surface area (Å²) in [6.45, 7) is 1.56. The Labute approximate surface area is 130 Å². The summed E-state index contributed by atoms with van der Waals surface area (Å²) in [6.07, 6.45) is 0. The number of nitrogens with zero attached hydrogens (tertiary/aromatic N) is 2. The number of ether oxygens (including phenoxy) is 1. The first-order chi connectivity index (χ1) is 10.3. The van der Waals surface area contributed by atoms with Gasteiger partial charge in [-0.1, -0.05) is 35.2 Å². The molecule has 114 valence electrons. The number of rotatable bonds is 9. The molecule has 2 rings (SSSR count). The average Bonchev–Trinajstić information content (AvgIpc) is 2.94. The summed E-state index contributed by atoms with van der Waals surface area (Å²) in [5.41, 5.74) is 0.984. The van der Waals surface area contributed by atoms with E-state index in [2.05, 4.69) is 15.5 Å². The van der Waals surface area contributed by atoms with Crippen LogP contribution in [-0.4, -0.2) is 40.9 Å². The summed E-state index contributed by atoms with van der Waals surface area (Å²) in [5.74, 6) is 0.531. The Morgan fingerprint density at radius 3 is 2.81 bits per heavy atom. The van der Waals surface area contributed by atoms with Crippen LogP contribution in [0.2, 0.25) is 0 Å². The Balaban J connectivity index is 1.71. The van der Waals surface area contributed by atoms with Crippen LogP contribution in [0.25, 0.3) is 0 Å². The maximum Gasteiger partial charge on any atom is 0.206 e. The summed E-state index contributed by atoms with van der Waals surface area (Å²) in [4.78, 5) is 0. The van der Waals surface area contributed by atoms with Crippen molar-refractivity contribution in [2.45, 2.75) is 10.9 Å². The Bertz CT molecular complexity index is 536. The van der Waals surface area contributed by atoms with Gasteiger partial charge in [-0.2, -0.15) is 0 Å². The molecule has 21 heavy (non-hydrogen) atoms. The summed E-state index contributed by atoms with van der Waals surface area (Å²) in [6, 6.07) is 6.34. The summed E-state index contributed by atoms with van der Waals surface area (Å²) in [5, 5.41) is 20.6. The van der Waals surface area contributed by atoms with E-state index in [4.69, 9.17) is 9.84 Å². The molecule has 0 saturated heterocycles. The third-order valence-corrected chi connectivity index (χ3v) is 4.43. The summed E-state index contributed by atoms with van der Waals surface area (Å²) >= 11 is 3.03. The van der Waals surface area contributed by atoms with E-state index in [9.17, 15) is 4.39 Å². The average molecular weight is 329 g/mol. The van der Waals surface area contributed by atoms with Crippen molar-refractivity contribution in [2.24, 2.45) is 0 Å². The van der Waals surface area contributed by atoms with E-state index < -0.39 is 0 Å². The SMILES string of the molecule is OCCOCCSc1nnc(NCc2ccc(F)cc2)s1. The van der Waals surface area contributed by atoms with Crippen LogP contribution in [0.5, 0.6) is 0 Å². The van der Waals surface area contributed by atoms with Gasteiger partial charge < -0.3 is 15.2 Å². The molecule has 1 heterocycles. The van der Waals surface area contributed by atoms with Gasteiger partial charge in [0.25, 0.3) is 0 Å². The van der Waals surface area contributed by atoms with Gasteiger partial charge in [0.05, 0.1) is 19.8 Å². The molecule has 5 nitrogen and oxygen atoms in total. The second-order valence-electron chi connectivity index (χ2n) is 4.04. The van der Waals surface area contributed by atoms with Crippen LogP contribution in [-0.2, 0) is 11.3 Å². The fourth-order valence-corrected chi connectivity index (χ4v) is 3.14. The number of aliphatic hydroxyl groups excluding tert-OH is 1. The number of thioether (sulfide) groups is 1. The molecule has 0 radical (unpaired) electrons. The zero-order valence-electron chi connectivity index (χ0n) is 11.3. The van der Waals surface area contributed by atoms with E-state index in [1.807, 2.05) is 0 Å². The molecule has 1 aromatic heterocycles. The molecular weight excluding hydrogens is 313 g/mol. The van der Waals surface area contributed by atoms with Crippen molar-refractivity contribution in [3.8, 4) is 0 Å². The highest BCUT2D eigenvalue weighted by molar-refractivity contribution is 8.01. The first-order valence-corrected chi connectivity index (χ1v) is 8.21. The highest BCUT2D eigenvalue weighted by atomic mass is 32.2. The van der Waals surface area contributed by atoms with Crippen molar-refractivity contribution >= 4 is 28.2 Å². The number of aromatic nitrogens is 2. The maximum absolute atomic E-state index is 12.8. The van der Waals surface area contributed by atoms with Crippen molar-refractivity contribution in [3.05, 3.63) is 35.6 Å². The minimum absolute atomic E-state index is 0.0426. The van der Waals surface area contributed by atoms with Gasteiger partial charge in [0.15, 0.2) is 4.34 Å². The number of hydrogen-bond acceptors (Lipinski definition) is 7. The van der Waals surface area contributed by atoms with Gasteiger partial charge in [-0.15, -0.1) is 10.2 Å². The van der Waals surface area contributed by atoms with Crippen molar-refractivity contribution in [3.63, 3.8) is 0 Å². The second kappa shape index (κ2) is 8.93. The Hall–Kier alpha value is -1.22. The first kappa shape index (κ1) is 16.2. The van der Waals surface area contributed by atoms with Crippen molar-refractivity contribution < 1.29 is 14.2 Å². The number of benzene rings is 1. The number of halogens is 1. The molecule has 0 aliphatic carbocycles. The second-order valence-corrected chi connectivity index (χ2v) is 6.36. The van der Waals surface area contributed by atoms with Crippen molar-refractivity contribution in [1.82, 2.24) is 10.2 Å². The van der Waals surface area contributed by atoms with Crippen LogP contribution >= 0.6 is 23.1 Å². The van der Waals surface area contributed by atoms with Gasteiger partial charge in [-0.3, -0.25) is 0 Å². The third-order valence-electron chi connectivity index (χ3n) is 2.45. The highest BCUT2D eigenvalue weighted by Crippen LogP contribution is 2.25. The molecule has 0 saturated carbocycles. The molecule has 0 spiro atoms. The maximum atomic E-state index is 12.8. The summed E-state index contributed by atoms with van der Waals surface area (Å²) < 4.78 is 18.8. The van der Waals surface area contributed by atoms with Crippen LogP contribution in [0.3, 0.4) is 0 Å². The van der Waals surface area contributed by atoms with E-state index in [0.29, 0.717) is 19.8 Å². The minimum atomic E-state index is -0.239. The minimum Gasteiger partial charge on any atom is -0.394 e. The lowest BCUT2D eigenvalue weighted by molar-refractivity contribution is 0.103. The predicted molar refractivity (Wildman–Crippen MR) is 82.3 cm³/mol. The normalized spacial score (nSPS) is 10.8. The fourth-order valence-electron chi connectivity index (χ4n) is 1.47. The quantitative estimate of drug-likeness (QED) is 0.544. The number of anilines is 1. The number of hydrogen-bond donors (Lipinski definition) is 2. The van der Waals surface area contributed by atoms with E-state index in [-0.39, 0.29) is 12.4 Å². The van der Waals surface area contributed by atoms with Crippen LogP contribution in [0, 0.1) is 5.82 Å². The molecule has 0 unspecified atom stereocenters. The molecule has 2 aromatic rings.